The summed E-state index contributed by atoms with van der Waals surface area (Å²) in [7, 11) is 0. The number of H-pyrrole nitrogens is 1. The summed E-state index contributed by atoms with van der Waals surface area (Å²) in [5, 5.41) is 21.2. The Morgan fingerprint density at radius 2 is 2.15 bits per heavy atom. The van der Waals surface area contributed by atoms with Crippen molar-refractivity contribution in [3.63, 3.8) is 0 Å². The zero-order valence-corrected chi connectivity index (χ0v) is 14.0. The lowest BCUT2D eigenvalue weighted by atomic mass is 10.1. The first-order chi connectivity index (χ1) is 12.6. The van der Waals surface area contributed by atoms with Crippen molar-refractivity contribution >= 4 is 22.8 Å². The standard InChI is InChI=1S/C17H18FN5O3/c1-2-26-16-11-8-19-15(13(18)14(11)22-23-16)21-17(25)20-12(9-24)10-6-4-3-5-7-10/h3-8,12,24H,2,9H2,1H3,(H,22,23)(H2,19,20,21,25)/t12-/m1/s1. The van der Waals surface area contributed by atoms with Crippen LogP contribution in [0.1, 0.15) is 18.5 Å². The Hall–Kier alpha value is -3.20. The molecule has 1 aromatic carbocycles. The number of nitrogens with one attached hydrogen (secondary N) is 3. The van der Waals surface area contributed by atoms with E-state index in [2.05, 4.69) is 25.8 Å². The average Bonchev–Trinajstić information content (AvgIpc) is 3.07. The molecule has 0 aliphatic carbocycles. The number of nitrogens with zero attached hydrogens (tertiary/aromatic N) is 2. The van der Waals surface area contributed by atoms with Crippen LogP contribution in [0.15, 0.2) is 36.5 Å². The summed E-state index contributed by atoms with van der Waals surface area (Å²) < 4.78 is 19.8. The summed E-state index contributed by atoms with van der Waals surface area (Å²) in [5.74, 6) is -0.767. The Bertz CT molecular complexity index is 900. The van der Waals surface area contributed by atoms with E-state index in [1.165, 1.54) is 6.20 Å². The zero-order valence-electron chi connectivity index (χ0n) is 14.0. The number of aliphatic hydroxyl groups is 1. The first-order valence-corrected chi connectivity index (χ1v) is 8.02. The number of pyridine rings is 1. The molecule has 1 atom stereocenters. The Kier molecular flexibility index (Phi) is 5.28. The highest BCUT2D eigenvalue weighted by Crippen LogP contribution is 2.27. The second-order valence-corrected chi connectivity index (χ2v) is 5.42. The van der Waals surface area contributed by atoms with E-state index in [-0.39, 0.29) is 23.8 Å². The fourth-order valence-electron chi connectivity index (χ4n) is 2.48. The molecule has 0 radical (unpaired) electrons. The van der Waals surface area contributed by atoms with Crippen LogP contribution in [0.5, 0.6) is 5.88 Å². The van der Waals surface area contributed by atoms with Crippen LogP contribution < -0.4 is 15.4 Å². The number of carbonyl (C=O) groups excluding carboxylic acids is 1. The molecule has 3 aromatic rings. The maximum absolute atomic E-state index is 14.5. The number of ether oxygens (including phenoxy) is 1. The predicted octanol–water partition coefficient (Wildman–Crippen LogP) is 2.35. The summed E-state index contributed by atoms with van der Waals surface area (Å²) in [4.78, 5) is 16.1. The molecule has 2 amide bonds. The maximum Gasteiger partial charge on any atom is 0.321 e. The highest BCUT2D eigenvalue weighted by molar-refractivity contribution is 5.92. The number of aromatic nitrogens is 3. The number of amides is 2. The highest BCUT2D eigenvalue weighted by Gasteiger charge is 2.19. The van der Waals surface area contributed by atoms with Crippen molar-refractivity contribution < 1.29 is 19.0 Å². The topological polar surface area (TPSA) is 112 Å². The SMILES string of the molecule is CCOc1n[nH]c2c(F)c(NC(=O)N[C@H](CO)c3ccccc3)ncc12. The fourth-order valence-corrected chi connectivity index (χ4v) is 2.48. The van der Waals surface area contributed by atoms with Gasteiger partial charge in [0.25, 0.3) is 0 Å². The van der Waals surface area contributed by atoms with E-state index in [1.54, 1.807) is 31.2 Å². The number of carbonyl (C=O) groups is 1. The summed E-state index contributed by atoms with van der Waals surface area (Å²) in [6, 6.07) is 7.63. The zero-order chi connectivity index (χ0) is 18.5. The summed E-state index contributed by atoms with van der Waals surface area (Å²) in [6.45, 7) is 1.87. The molecule has 8 nitrogen and oxygen atoms in total. The second-order valence-electron chi connectivity index (χ2n) is 5.42. The molecule has 2 aromatic heterocycles. The molecule has 0 spiro atoms. The minimum Gasteiger partial charge on any atom is -0.476 e. The molecule has 0 aliphatic heterocycles. The minimum absolute atomic E-state index is 0.0838. The Morgan fingerprint density at radius 3 is 2.85 bits per heavy atom. The van der Waals surface area contributed by atoms with Gasteiger partial charge in [0.05, 0.1) is 24.6 Å². The van der Waals surface area contributed by atoms with Crippen molar-refractivity contribution in [2.75, 3.05) is 18.5 Å². The van der Waals surface area contributed by atoms with Crippen LogP contribution in [0.3, 0.4) is 0 Å². The Balaban J connectivity index is 1.76. The van der Waals surface area contributed by atoms with Crippen molar-refractivity contribution in [2.24, 2.45) is 0 Å². The van der Waals surface area contributed by atoms with Gasteiger partial charge in [0.1, 0.15) is 5.52 Å². The van der Waals surface area contributed by atoms with E-state index in [0.717, 1.165) is 5.56 Å². The lowest BCUT2D eigenvalue weighted by Crippen LogP contribution is -2.34. The lowest BCUT2D eigenvalue weighted by molar-refractivity contribution is 0.225. The van der Waals surface area contributed by atoms with Crippen molar-refractivity contribution in [1.82, 2.24) is 20.5 Å². The molecule has 0 saturated heterocycles. The number of anilines is 1. The third kappa shape index (κ3) is 3.57. The number of aliphatic hydroxyl groups excluding tert-OH is 1. The molecule has 9 heteroatoms. The summed E-state index contributed by atoms with van der Waals surface area (Å²) in [5.41, 5.74) is 0.810. The van der Waals surface area contributed by atoms with Gasteiger partial charge in [-0.2, -0.15) is 0 Å². The smallest absolute Gasteiger partial charge is 0.321 e. The molecule has 0 bridgehead atoms. The first kappa shape index (κ1) is 17.6. The molecule has 4 N–H and O–H groups in total. The second kappa shape index (κ2) is 7.79. The number of hydrogen-bond donors (Lipinski definition) is 4. The van der Waals surface area contributed by atoms with E-state index in [1.807, 2.05) is 6.07 Å². The number of benzene rings is 1. The molecule has 3 rings (SSSR count). The van der Waals surface area contributed by atoms with Crippen molar-refractivity contribution in [3.8, 4) is 5.88 Å². The van der Waals surface area contributed by atoms with Gasteiger partial charge in [0, 0.05) is 6.20 Å². The van der Waals surface area contributed by atoms with Crippen LogP contribution in [-0.4, -0.2) is 39.5 Å². The molecule has 26 heavy (non-hydrogen) atoms. The maximum atomic E-state index is 14.5. The number of rotatable bonds is 6. The monoisotopic (exact) mass is 359 g/mol. The number of aromatic amines is 1. The predicted molar refractivity (Wildman–Crippen MR) is 93.4 cm³/mol. The first-order valence-electron chi connectivity index (χ1n) is 8.02. The summed E-state index contributed by atoms with van der Waals surface area (Å²) >= 11 is 0. The van der Waals surface area contributed by atoms with Gasteiger partial charge in [-0.05, 0) is 12.5 Å². The van der Waals surface area contributed by atoms with E-state index < -0.39 is 17.9 Å². The Labute approximate surface area is 148 Å². The molecule has 0 fully saturated rings. The van der Waals surface area contributed by atoms with Gasteiger partial charge in [-0.25, -0.2) is 14.2 Å². The lowest BCUT2D eigenvalue weighted by Gasteiger charge is -2.17. The molecule has 0 saturated carbocycles. The normalized spacial score (nSPS) is 12.0. The quantitative estimate of drug-likeness (QED) is 0.540. The molecule has 0 unspecified atom stereocenters. The van der Waals surface area contributed by atoms with E-state index in [4.69, 9.17) is 4.74 Å². The molecular formula is C17H18FN5O3. The largest absolute Gasteiger partial charge is 0.476 e. The van der Waals surface area contributed by atoms with Crippen LogP contribution in [0.2, 0.25) is 0 Å². The van der Waals surface area contributed by atoms with Gasteiger partial charge in [-0.1, -0.05) is 30.3 Å². The van der Waals surface area contributed by atoms with E-state index >= 15 is 0 Å². The summed E-state index contributed by atoms with van der Waals surface area (Å²) in [6.07, 6.45) is 1.36. The molecule has 136 valence electrons. The van der Waals surface area contributed by atoms with Gasteiger partial charge in [-0.3, -0.25) is 10.4 Å². The van der Waals surface area contributed by atoms with Crippen molar-refractivity contribution in [3.05, 3.63) is 47.9 Å². The van der Waals surface area contributed by atoms with Gasteiger partial charge >= 0.3 is 6.03 Å². The van der Waals surface area contributed by atoms with Gasteiger partial charge in [0.2, 0.25) is 5.88 Å². The molecule has 2 heterocycles. The third-order valence-electron chi connectivity index (χ3n) is 3.72. The Morgan fingerprint density at radius 1 is 1.38 bits per heavy atom. The van der Waals surface area contributed by atoms with Crippen molar-refractivity contribution in [1.29, 1.82) is 0 Å². The molecule has 0 aliphatic rings. The van der Waals surface area contributed by atoms with Gasteiger partial charge in [0.15, 0.2) is 11.6 Å². The van der Waals surface area contributed by atoms with E-state index in [9.17, 15) is 14.3 Å². The number of hydrogen-bond acceptors (Lipinski definition) is 5. The van der Waals surface area contributed by atoms with Gasteiger partial charge in [-0.15, -0.1) is 5.10 Å². The molecular weight excluding hydrogens is 341 g/mol. The van der Waals surface area contributed by atoms with Crippen LogP contribution in [0.4, 0.5) is 15.0 Å². The van der Waals surface area contributed by atoms with E-state index in [0.29, 0.717) is 12.0 Å². The van der Waals surface area contributed by atoms with Crippen LogP contribution >= 0.6 is 0 Å². The van der Waals surface area contributed by atoms with Crippen LogP contribution in [-0.2, 0) is 0 Å². The fraction of sp³-hybridized carbons (Fsp3) is 0.235. The van der Waals surface area contributed by atoms with Crippen LogP contribution in [0, 0.1) is 5.82 Å². The minimum atomic E-state index is -0.753. The number of fused-ring (bicyclic) bond motifs is 1. The van der Waals surface area contributed by atoms with Crippen molar-refractivity contribution in [2.45, 2.75) is 13.0 Å². The third-order valence-corrected chi connectivity index (χ3v) is 3.72. The number of urea groups is 1. The van der Waals surface area contributed by atoms with Gasteiger partial charge < -0.3 is 15.2 Å². The number of halogens is 1. The highest BCUT2D eigenvalue weighted by atomic mass is 19.1. The van der Waals surface area contributed by atoms with Crippen LogP contribution in [0.25, 0.3) is 10.9 Å². The average molecular weight is 359 g/mol.